The minimum Gasteiger partial charge on any atom is -0.493 e. The number of hydrogen-bond acceptors (Lipinski definition) is 4. The first-order chi connectivity index (χ1) is 14.6. The number of rotatable bonds is 4. The van der Waals surface area contributed by atoms with Crippen LogP contribution in [0.4, 0.5) is 0 Å². The van der Waals surface area contributed by atoms with E-state index in [-0.39, 0.29) is 6.04 Å². The lowest BCUT2D eigenvalue weighted by molar-refractivity contribution is -0.0205. The molecule has 0 aromatic heterocycles. The van der Waals surface area contributed by atoms with E-state index in [4.69, 9.17) is 37.8 Å². The second-order valence-electron chi connectivity index (χ2n) is 7.28. The first kappa shape index (κ1) is 19.3. The normalized spacial score (nSPS) is 19.6. The molecule has 30 heavy (non-hydrogen) atoms. The van der Waals surface area contributed by atoms with Gasteiger partial charge in [0.2, 0.25) is 6.23 Å². The Balaban J connectivity index is 1.61. The second kappa shape index (κ2) is 7.86. The van der Waals surface area contributed by atoms with Crippen LogP contribution in [0.3, 0.4) is 0 Å². The molecule has 0 saturated heterocycles. The van der Waals surface area contributed by atoms with Crippen LogP contribution in [0, 0.1) is 0 Å². The van der Waals surface area contributed by atoms with E-state index in [1.165, 1.54) is 0 Å². The van der Waals surface area contributed by atoms with Crippen LogP contribution in [0.15, 0.2) is 71.8 Å². The Morgan fingerprint density at radius 1 is 1.00 bits per heavy atom. The van der Waals surface area contributed by atoms with Crippen molar-refractivity contribution in [2.75, 3.05) is 6.61 Å². The number of ether oxygens (including phenoxy) is 2. The van der Waals surface area contributed by atoms with E-state index in [1.807, 2.05) is 78.7 Å². The Kier molecular flexibility index (Phi) is 5.05. The summed E-state index contributed by atoms with van der Waals surface area (Å²) in [5, 5.41) is 8.40. The molecular formula is C24H20Cl2N2O2. The van der Waals surface area contributed by atoms with Crippen LogP contribution in [0.1, 0.15) is 42.3 Å². The molecule has 0 amide bonds. The predicted octanol–water partition coefficient (Wildman–Crippen LogP) is 6.63. The molecule has 0 aliphatic carbocycles. The van der Waals surface area contributed by atoms with Gasteiger partial charge in [0.25, 0.3) is 0 Å². The number of hydrazone groups is 1. The SMILES string of the molecule is CCOc1ccccc1[C@@H]1Oc2ccc(Cl)cc2[C@H]2CC(c3ccc(Cl)cc3)=NN21. The predicted molar refractivity (Wildman–Crippen MR) is 120 cm³/mol. The number of benzene rings is 3. The third kappa shape index (κ3) is 3.40. The van der Waals surface area contributed by atoms with Crippen molar-refractivity contribution in [3.63, 3.8) is 0 Å². The molecular weight excluding hydrogens is 419 g/mol. The molecule has 0 fully saturated rings. The lowest BCUT2D eigenvalue weighted by atomic mass is 9.96. The van der Waals surface area contributed by atoms with Gasteiger partial charge in [-0.25, -0.2) is 5.01 Å². The van der Waals surface area contributed by atoms with Crippen molar-refractivity contribution >= 4 is 28.9 Å². The van der Waals surface area contributed by atoms with Gasteiger partial charge < -0.3 is 9.47 Å². The van der Waals surface area contributed by atoms with Crippen molar-refractivity contribution in [2.45, 2.75) is 25.6 Å². The second-order valence-corrected chi connectivity index (χ2v) is 8.15. The molecule has 2 aliphatic heterocycles. The molecule has 0 spiro atoms. The molecule has 2 heterocycles. The summed E-state index contributed by atoms with van der Waals surface area (Å²) >= 11 is 12.4. The van der Waals surface area contributed by atoms with Gasteiger partial charge in [0.05, 0.1) is 23.9 Å². The molecule has 5 rings (SSSR count). The van der Waals surface area contributed by atoms with Crippen LogP contribution in [-0.4, -0.2) is 17.3 Å². The zero-order valence-electron chi connectivity index (χ0n) is 16.4. The van der Waals surface area contributed by atoms with Gasteiger partial charge in [0.15, 0.2) is 0 Å². The topological polar surface area (TPSA) is 34.1 Å². The van der Waals surface area contributed by atoms with Crippen molar-refractivity contribution in [3.8, 4) is 11.5 Å². The van der Waals surface area contributed by atoms with Crippen LogP contribution >= 0.6 is 23.2 Å². The van der Waals surface area contributed by atoms with Crippen LogP contribution in [0.5, 0.6) is 11.5 Å². The summed E-state index contributed by atoms with van der Waals surface area (Å²) in [7, 11) is 0. The minimum absolute atomic E-state index is 0.0258. The van der Waals surface area contributed by atoms with Crippen LogP contribution in [0.2, 0.25) is 10.0 Å². The Bertz CT molecular complexity index is 1110. The fourth-order valence-corrected chi connectivity index (χ4v) is 4.36. The van der Waals surface area contributed by atoms with Gasteiger partial charge in [-0.15, -0.1) is 0 Å². The highest BCUT2D eigenvalue weighted by atomic mass is 35.5. The Morgan fingerprint density at radius 3 is 2.57 bits per heavy atom. The molecule has 0 saturated carbocycles. The molecule has 2 atom stereocenters. The fraction of sp³-hybridized carbons (Fsp3) is 0.208. The number of hydrogen-bond donors (Lipinski definition) is 0. The number of para-hydroxylation sites is 1. The average molecular weight is 439 g/mol. The number of fused-ring (bicyclic) bond motifs is 3. The smallest absolute Gasteiger partial charge is 0.217 e. The minimum atomic E-state index is -0.392. The summed E-state index contributed by atoms with van der Waals surface area (Å²) in [6.07, 6.45) is 0.363. The first-order valence-corrected chi connectivity index (χ1v) is 10.7. The highest BCUT2D eigenvalue weighted by Gasteiger charge is 2.42. The number of nitrogens with zero attached hydrogens (tertiary/aromatic N) is 2. The first-order valence-electron chi connectivity index (χ1n) is 9.93. The summed E-state index contributed by atoms with van der Waals surface area (Å²) in [5.74, 6) is 1.63. The lowest BCUT2D eigenvalue weighted by Gasteiger charge is -2.38. The molecule has 0 N–H and O–H groups in total. The maximum absolute atomic E-state index is 6.44. The summed E-state index contributed by atoms with van der Waals surface area (Å²) in [6.45, 7) is 2.56. The maximum Gasteiger partial charge on any atom is 0.217 e. The quantitative estimate of drug-likeness (QED) is 0.457. The zero-order valence-corrected chi connectivity index (χ0v) is 17.9. The zero-order chi connectivity index (χ0) is 20.7. The van der Waals surface area contributed by atoms with E-state index in [9.17, 15) is 0 Å². The van der Waals surface area contributed by atoms with E-state index in [0.29, 0.717) is 16.7 Å². The fourth-order valence-electron chi connectivity index (χ4n) is 4.05. The lowest BCUT2D eigenvalue weighted by Crippen LogP contribution is -2.34. The highest BCUT2D eigenvalue weighted by Crippen LogP contribution is 2.49. The Hall–Kier alpha value is -2.69. The monoisotopic (exact) mass is 438 g/mol. The maximum atomic E-state index is 6.44. The molecule has 3 aromatic rings. The van der Waals surface area contributed by atoms with Gasteiger partial charge in [-0.1, -0.05) is 47.5 Å². The van der Waals surface area contributed by atoms with E-state index < -0.39 is 6.23 Å². The molecule has 6 heteroatoms. The summed E-state index contributed by atoms with van der Waals surface area (Å²) in [4.78, 5) is 0. The van der Waals surface area contributed by atoms with E-state index in [1.54, 1.807) is 0 Å². The standard InChI is InChI=1S/C24H20Cl2N2O2/c1-2-29-22-6-4-3-5-18(22)24-28-21(19-13-17(26)11-12-23(19)30-24)14-20(27-28)15-7-9-16(25)10-8-15/h3-13,21,24H,2,14H2,1H3/t21-,24+/m1/s1. The summed E-state index contributed by atoms with van der Waals surface area (Å²) in [6, 6.07) is 21.5. The van der Waals surface area contributed by atoms with Gasteiger partial charge in [-0.05, 0) is 55.0 Å². The molecule has 0 unspecified atom stereocenters. The number of halogens is 2. The van der Waals surface area contributed by atoms with Crippen molar-refractivity contribution in [1.29, 1.82) is 0 Å². The molecule has 0 bridgehead atoms. The van der Waals surface area contributed by atoms with Gasteiger partial charge in [0, 0.05) is 22.0 Å². The van der Waals surface area contributed by atoms with Crippen molar-refractivity contribution in [3.05, 3.63) is 93.5 Å². The molecule has 152 valence electrons. The van der Waals surface area contributed by atoms with Gasteiger partial charge in [-0.3, -0.25) is 0 Å². The molecule has 3 aromatic carbocycles. The molecule has 4 nitrogen and oxygen atoms in total. The highest BCUT2D eigenvalue weighted by molar-refractivity contribution is 6.31. The van der Waals surface area contributed by atoms with Gasteiger partial charge in [-0.2, -0.15) is 5.10 Å². The van der Waals surface area contributed by atoms with Gasteiger partial charge >= 0.3 is 0 Å². The van der Waals surface area contributed by atoms with Gasteiger partial charge in [0.1, 0.15) is 11.5 Å². The van der Waals surface area contributed by atoms with Crippen molar-refractivity contribution in [2.24, 2.45) is 5.10 Å². The summed E-state index contributed by atoms with van der Waals surface area (Å²) in [5.41, 5.74) is 4.03. The van der Waals surface area contributed by atoms with Crippen LogP contribution < -0.4 is 9.47 Å². The third-order valence-electron chi connectivity index (χ3n) is 5.41. The average Bonchev–Trinajstić information content (AvgIpc) is 3.20. The van der Waals surface area contributed by atoms with Crippen molar-refractivity contribution in [1.82, 2.24) is 5.01 Å². The van der Waals surface area contributed by atoms with Crippen LogP contribution in [-0.2, 0) is 0 Å². The molecule has 2 aliphatic rings. The van der Waals surface area contributed by atoms with E-state index in [2.05, 4.69) is 0 Å². The molecule has 0 radical (unpaired) electrons. The third-order valence-corrected chi connectivity index (χ3v) is 5.90. The van der Waals surface area contributed by atoms with E-state index in [0.717, 1.165) is 40.3 Å². The van der Waals surface area contributed by atoms with Crippen LogP contribution in [0.25, 0.3) is 0 Å². The van der Waals surface area contributed by atoms with Crippen molar-refractivity contribution < 1.29 is 9.47 Å². The Labute approximate surface area is 185 Å². The Morgan fingerprint density at radius 2 is 1.77 bits per heavy atom. The van der Waals surface area contributed by atoms with E-state index >= 15 is 0 Å². The largest absolute Gasteiger partial charge is 0.493 e. The summed E-state index contributed by atoms with van der Waals surface area (Å²) < 4.78 is 12.3.